The molecule has 18 heavy (non-hydrogen) atoms. The zero-order valence-corrected chi connectivity index (χ0v) is 9.96. The minimum absolute atomic E-state index is 0.328. The van der Waals surface area contributed by atoms with Crippen LogP contribution >= 0.6 is 0 Å². The summed E-state index contributed by atoms with van der Waals surface area (Å²) in [5.41, 5.74) is 1.28. The summed E-state index contributed by atoms with van der Waals surface area (Å²) in [4.78, 5) is 16.2. The molecule has 4 nitrogen and oxygen atoms in total. The highest BCUT2D eigenvalue weighted by Crippen LogP contribution is 2.21. The highest BCUT2D eigenvalue weighted by atomic mass is 16.5. The summed E-state index contributed by atoms with van der Waals surface area (Å²) in [5, 5.41) is 2.01. The lowest BCUT2D eigenvalue weighted by atomic mass is 10.1. The summed E-state index contributed by atoms with van der Waals surface area (Å²) in [6, 6.07) is 9.69. The fourth-order valence-electron chi connectivity index (χ4n) is 2.10. The Morgan fingerprint density at radius 1 is 1.39 bits per heavy atom. The Morgan fingerprint density at radius 2 is 2.22 bits per heavy atom. The molecule has 3 aromatic rings. The van der Waals surface area contributed by atoms with E-state index in [1.165, 1.54) is 0 Å². The normalized spacial score (nSPS) is 10.9. The van der Waals surface area contributed by atoms with Crippen LogP contribution in [-0.4, -0.2) is 22.0 Å². The molecule has 0 bridgehead atoms. The number of benzene rings is 1. The van der Waals surface area contributed by atoms with Gasteiger partial charge < -0.3 is 4.74 Å². The lowest BCUT2D eigenvalue weighted by molar-refractivity contribution is 0.0518. The molecule has 1 aromatic carbocycles. The van der Waals surface area contributed by atoms with E-state index in [0.29, 0.717) is 12.3 Å². The second kappa shape index (κ2) is 4.14. The van der Waals surface area contributed by atoms with Gasteiger partial charge in [0.2, 0.25) is 0 Å². The molecule has 0 fully saturated rings. The van der Waals surface area contributed by atoms with Crippen LogP contribution in [0.2, 0.25) is 0 Å². The van der Waals surface area contributed by atoms with E-state index in [1.54, 1.807) is 23.7 Å². The molecule has 0 atom stereocenters. The predicted octanol–water partition coefficient (Wildman–Crippen LogP) is 2.66. The number of aromatic nitrogens is 2. The van der Waals surface area contributed by atoms with Crippen LogP contribution in [0.25, 0.3) is 16.4 Å². The maximum atomic E-state index is 11.9. The second-order valence-corrected chi connectivity index (χ2v) is 3.96. The lowest BCUT2D eigenvalue weighted by Crippen LogP contribution is -2.10. The Morgan fingerprint density at radius 3 is 3.06 bits per heavy atom. The Bertz CT molecular complexity index is 731. The number of carbonyl (C=O) groups is 1. The zero-order chi connectivity index (χ0) is 12.5. The van der Waals surface area contributed by atoms with Crippen LogP contribution in [0.4, 0.5) is 0 Å². The number of carbonyl (C=O) groups excluding carboxylic acids is 1. The molecule has 0 spiro atoms. The summed E-state index contributed by atoms with van der Waals surface area (Å²) in [6.07, 6.45) is 3.46. The Kier molecular flexibility index (Phi) is 2.48. The first-order valence-electron chi connectivity index (χ1n) is 5.83. The molecule has 0 N–H and O–H groups in total. The molecular formula is C14H12N2O2. The van der Waals surface area contributed by atoms with Gasteiger partial charge in [0.15, 0.2) is 0 Å². The number of hydrogen-bond donors (Lipinski definition) is 0. The van der Waals surface area contributed by atoms with Crippen LogP contribution in [0, 0.1) is 0 Å². The number of fused-ring (bicyclic) bond motifs is 3. The van der Waals surface area contributed by atoms with Gasteiger partial charge >= 0.3 is 5.97 Å². The fourth-order valence-corrected chi connectivity index (χ4v) is 2.10. The van der Waals surface area contributed by atoms with Gasteiger partial charge in [-0.15, -0.1) is 0 Å². The van der Waals surface area contributed by atoms with E-state index in [9.17, 15) is 4.79 Å². The molecule has 0 saturated carbocycles. The van der Waals surface area contributed by atoms with Gasteiger partial charge in [-0.2, -0.15) is 0 Å². The molecule has 0 aliphatic rings. The van der Waals surface area contributed by atoms with Crippen molar-refractivity contribution in [2.45, 2.75) is 6.92 Å². The molecule has 2 heterocycles. The molecule has 0 radical (unpaired) electrons. The maximum absolute atomic E-state index is 11.9. The number of imidazole rings is 1. The smallest absolute Gasteiger partial charge is 0.355 e. The van der Waals surface area contributed by atoms with Crippen LogP contribution in [-0.2, 0) is 4.74 Å². The summed E-state index contributed by atoms with van der Waals surface area (Å²) < 4.78 is 6.83. The van der Waals surface area contributed by atoms with Gasteiger partial charge in [-0.1, -0.05) is 24.3 Å². The number of ether oxygens (including phenoxy) is 1. The third-order valence-electron chi connectivity index (χ3n) is 2.88. The molecule has 0 unspecified atom stereocenters. The molecule has 4 heteroatoms. The molecule has 90 valence electrons. The van der Waals surface area contributed by atoms with Gasteiger partial charge in [0, 0.05) is 17.8 Å². The van der Waals surface area contributed by atoms with E-state index in [2.05, 4.69) is 4.98 Å². The first kappa shape index (κ1) is 10.8. The van der Waals surface area contributed by atoms with Crippen molar-refractivity contribution < 1.29 is 9.53 Å². The first-order valence-corrected chi connectivity index (χ1v) is 5.83. The number of hydrogen-bond acceptors (Lipinski definition) is 3. The molecule has 0 aliphatic carbocycles. The minimum atomic E-state index is -0.328. The third-order valence-corrected chi connectivity index (χ3v) is 2.88. The molecule has 0 aliphatic heterocycles. The number of pyridine rings is 1. The lowest BCUT2D eigenvalue weighted by Gasteiger charge is -2.07. The van der Waals surface area contributed by atoms with Crippen LogP contribution in [0.3, 0.4) is 0 Å². The van der Waals surface area contributed by atoms with Crippen molar-refractivity contribution in [3.63, 3.8) is 0 Å². The van der Waals surface area contributed by atoms with Crippen molar-refractivity contribution in [2.24, 2.45) is 0 Å². The van der Waals surface area contributed by atoms with E-state index >= 15 is 0 Å². The van der Waals surface area contributed by atoms with Crippen LogP contribution < -0.4 is 0 Å². The van der Waals surface area contributed by atoms with Crippen molar-refractivity contribution >= 4 is 22.4 Å². The van der Waals surface area contributed by atoms with Gasteiger partial charge in [0.1, 0.15) is 11.3 Å². The monoisotopic (exact) mass is 240 g/mol. The highest BCUT2D eigenvalue weighted by Gasteiger charge is 2.13. The largest absolute Gasteiger partial charge is 0.461 e. The molecule has 0 amide bonds. The minimum Gasteiger partial charge on any atom is -0.461 e. The maximum Gasteiger partial charge on any atom is 0.355 e. The van der Waals surface area contributed by atoms with Crippen LogP contribution in [0.1, 0.15) is 17.4 Å². The van der Waals surface area contributed by atoms with Crippen molar-refractivity contribution in [2.75, 3.05) is 6.61 Å². The Balaban J connectivity index is 2.35. The zero-order valence-electron chi connectivity index (χ0n) is 9.96. The number of nitrogens with zero attached hydrogens (tertiary/aromatic N) is 2. The van der Waals surface area contributed by atoms with Crippen molar-refractivity contribution in [3.05, 3.63) is 48.4 Å². The first-order chi connectivity index (χ1) is 8.81. The van der Waals surface area contributed by atoms with Gasteiger partial charge in [0.05, 0.1) is 6.61 Å². The SMILES string of the molecule is CCOC(=O)c1cc2ccccc2c2nccn12. The summed E-state index contributed by atoms with van der Waals surface area (Å²) in [7, 11) is 0. The van der Waals surface area contributed by atoms with Crippen LogP contribution in [0.5, 0.6) is 0 Å². The van der Waals surface area contributed by atoms with Gasteiger partial charge in [0.25, 0.3) is 0 Å². The number of rotatable bonds is 2. The van der Waals surface area contributed by atoms with E-state index in [4.69, 9.17) is 4.74 Å². The van der Waals surface area contributed by atoms with Gasteiger partial charge in [-0.05, 0) is 18.4 Å². The quantitative estimate of drug-likeness (QED) is 0.647. The average Bonchev–Trinajstić information content (AvgIpc) is 2.87. The van der Waals surface area contributed by atoms with Gasteiger partial charge in [-0.25, -0.2) is 9.78 Å². The van der Waals surface area contributed by atoms with E-state index in [1.807, 2.05) is 30.3 Å². The van der Waals surface area contributed by atoms with Crippen molar-refractivity contribution in [1.29, 1.82) is 0 Å². The van der Waals surface area contributed by atoms with E-state index < -0.39 is 0 Å². The standard InChI is InChI=1S/C14H12N2O2/c1-2-18-14(17)12-9-10-5-3-4-6-11(10)13-15-7-8-16(12)13/h3-9H,2H2,1H3. The number of esters is 1. The summed E-state index contributed by atoms with van der Waals surface area (Å²) >= 11 is 0. The summed E-state index contributed by atoms with van der Waals surface area (Å²) in [5.74, 6) is -0.328. The van der Waals surface area contributed by atoms with Crippen LogP contribution in [0.15, 0.2) is 42.7 Å². The highest BCUT2D eigenvalue weighted by molar-refractivity contribution is 6.00. The fraction of sp³-hybridized carbons (Fsp3) is 0.143. The van der Waals surface area contributed by atoms with E-state index in [-0.39, 0.29) is 5.97 Å². The molecule has 0 saturated heterocycles. The second-order valence-electron chi connectivity index (χ2n) is 3.96. The molecular weight excluding hydrogens is 228 g/mol. The molecule has 2 aromatic heterocycles. The summed E-state index contributed by atoms with van der Waals surface area (Å²) in [6.45, 7) is 2.16. The Labute approximate surface area is 104 Å². The average molecular weight is 240 g/mol. The van der Waals surface area contributed by atoms with Crippen molar-refractivity contribution in [1.82, 2.24) is 9.38 Å². The predicted molar refractivity (Wildman–Crippen MR) is 68.7 cm³/mol. The van der Waals surface area contributed by atoms with Crippen molar-refractivity contribution in [3.8, 4) is 0 Å². The van der Waals surface area contributed by atoms with E-state index in [0.717, 1.165) is 16.4 Å². The topological polar surface area (TPSA) is 43.6 Å². The Hall–Kier alpha value is -2.36. The third kappa shape index (κ3) is 1.54. The molecule has 3 rings (SSSR count). The van der Waals surface area contributed by atoms with Gasteiger partial charge in [-0.3, -0.25) is 4.40 Å².